The number of aromatic nitrogens is 1. The van der Waals surface area contributed by atoms with Crippen LogP contribution in [0.15, 0.2) is 103 Å². The van der Waals surface area contributed by atoms with E-state index in [4.69, 9.17) is 0 Å². The van der Waals surface area contributed by atoms with Crippen LogP contribution in [-0.2, 0) is 13.0 Å². The summed E-state index contributed by atoms with van der Waals surface area (Å²) in [7, 11) is 0. The Morgan fingerprint density at radius 2 is 1.43 bits per heavy atom. The fourth-order valence-corrected chi connectivity index (χ4v) is 3.13. The summed E-state index contributed by atoms with van der Waals surface area (Å²) in [5.41, 5.74) is 4.99. The maximum Gasteiger partial charge on any atom is 0.319 e. The summed E-state index contributed by atoms with van der Waals surface area (Å²) in [5.74, 6) is 0. The van der Waals surface area contributed by atoms with E-state index in [1.807, 2.05) is 66.7 Å². The number of hydrogen-bond donors (Lipinski definition) is 4. The van der Waals surface area contributed by atoms with Gasteiger partial charge in [0.05, 0.1) is 24.5 Å². The van der Waals surface area contributed by atoms with Crippen LogP contribution in [-0.4, -0.2) is 29.3 Å². The Hall–Kier alpha value is -4.72. The predicted molar refractivity (Wildman–Crippen MR) is 141 cm³/mol. The van der Waals surface area contributed by atoms with Crippen LogP contribution in [0.5, 0.6) is 0 Å². The van der Waals surface area contributed by atoms with Crippen molar-refractivity contribution < 1.29 is 9.59 Å². The van der Waals surface area contributed by atoms with Gasteiger partial charge >= 0.3 is 12.1 Å². The zero-order valence-corrected chi connectivity index (χ0v) is 19.3. The third kappa shape index (κ3) is 8.62. The van der Waals surface area contributed by atoms with Gasteiger partial charge in [0.1, 0.15) is 0 Å². The second kappa shape index (κ2) is 13.1. The quantitative estimate of drug-likeness (QED) is 0.318. The van der Waals surface area contributed by atoms with Crippen LogP contribution in [0.2, 0.25) is 0 Å². The molecule has 35 heavy (non-hydrogen) atoms. The van der Waals surface area contributed by atoms with Crippen LogP contribution in [0.4, 0.5) is 21.0 Å². The number of pyridine rings is 1. The second-order valence-corrected chi connectivity index (χ2v) is 7.51. The van der Waals surface area contributed by atoms with Gasteiger partial charge in [0.2, 0.25) is 0 Å². The Labute approximate surface area is 204 Å². The van der Waals surface area contributed by atoms with Crippen LogP contribution in [0.25, 0.3) is 0 Å². The SMILES string of the molecule is C=CN=C(C=C)CNC(=O)Nc1ccc(Cc2ccc(NC(=O)NCc3ccccn3)cc2)cc1. The Bertz CT molecular complexity index is 1170. The molecule has 0 bridgehead atoms. The molecule has 3 rings (SSSR count). The lowest BCUT2D eigenvalue weighted by Crippen LogP contribution is -2.32. The summed E-state index contributed by atoms with van der Waals surface area (Å²) < 4.78 is 0. The van der Waals surface area contributed by atoms with Crippen molar-refractivity contribution in [3.05, 3.63) is 115 Å². The minimum atomic E-state index is -0.330. The van der Waals surface area contributed by atoms with Gasteiger partial charge in [-0.2, -0.15) is 0 Å². The number of anilines is 2. The van der Waals surface area contributed by atoms with Gasteiger partial charge in [0.25, 0.3) is 0 Å². The second-order valence-electron chi connectivity index (χ2n) is 7.51. The van der Waals surface area contributed by atoms with Crippen LogP contribution in [0, 0.1) is 0 Å². The van der Waals surface area contributed by atoms with E-state index >= 15 is 0 Å². The van der Waals surface area contributed by atoms with Crippen LogP contribution < -0.4 is 21.3 Å². The van der Waals surface area contributed by atoms with E-state index in [9.17, 15) is 9.59 Å². The summed E-state index contributed by atoms with van der Waals surface area (Å²) in [6.07, 6.45) is 5.38. The van der Waals surface area contributed by atoms with E-state index in [2.05, 4.69) is 44.4 Å². The largest absolute Gasteiger partial charge is 0.332 e. The molecule has 4 amide bonds. The van der Waals surface area contributed by atoms with Crippen LogP contribution >= 0.6 is 0 Å². The topological polar surface area (TPSA) is 108 Å². The van der Waals surface area contributed by atoms with Crippen molar-refractivity contribution in [3.63, 3.8) is 0 Å². The van der Waals surface area contributed by atoms with Crippen molar-refractivity contribution in [1.82, 2.24) is 15.6 Å². The molecule has 0 unspecified atom stereocenters. The highest BCUT2D eigenvalue weighted by Gasteiger charge is 2.05. The Kier molecular flexibility index (Phi) is 9.32. The minimum Gasteiger partial charge on any atom is -0.332 e. The minimum absolute atomic E-state index is 0.260. The third-order valence-electron chi connectivity index (χ3n) is 4.91. The van der Waals surface area contributed by atoms with Crippen LogP contribution in [0.1, 0.15) is 16.8 Å². The summed E-state index contributed by atoms with van der Waals surface area (Å²) in [5, 5.41) is 11.1. The molecular weight excluding hydrogens is 440 g/mol. The molecule has 2 aromatic carbocycles. The molecule has 0 aliphatic rings. The third-order valence-corrected chi connectivity index (χ3v) is 4.91. The molecule has 0 saturated carbocycles. The molecule has 0 atom stereocenters. The van der Waals surface area contributed by atoms with Crippen molar-refractivity contribution in [2.75, 3.05) is 17.2 Å². The molecule has 0 fully saturated rings. The maximum absolute atomic E-state index is 12.1. The van der Waals surface area contributed by atoms with Crippen molar-refractivity contribution in [2.45, 2.75) is 13.0 Å². The number of carbonyl (C=O) groups excluding carboxylic acids is 2. The summed E-state index contributed by atoms with van der Waals surface area (Å²) in [6, 6.07) is 20.2. The number of carbonyl (C=O) groups is 2. The number of rotatable bonds is 10. The number of nitrogens with one attached hydrogen (secondary N) is 4. The molecule has 8 heteroatoms. The smallest absolute Gasteiger partial charge is 0.319 e. The normalized spacial score (nSPS) is 10.7. The van der Waals surface area contributed by atoms with Gasteiger partial charge in [-0.05, 0) is 60.0 Å². The lowest BCUT2D eigenvalue weighted by atomic mass is 10.0. The number of benzene rings is 2. The highest BCUT2D eigenvalue weighted by atomic mass is 16.2. The van der Waals surface area contributed by atoms with E-state index in [1.54, 1.807) is 12.3 Å². The average molecular weight is 469 g/mol. The highest BCUT2D eigenvalue weighted by Crippen LogP contribution is 2.16. The predicted octanol–water partition coefficient (Wildman–Crippen LogP) is 4.89. The van der Waals surface area contributed by atoms with Gasteiger partial charge in [-0.15, -0.1) is 0 Å². The molecule has 1 heterocycles. The maximum atomic E-state index is 12.1. The van der Waals surface area contributed by atoms with E-state index in [0.717, 1.165) is 23.2 Å². The highest BCUT2D eigenvalue weighted by molar-refractivity contribution is 6.00. The molecule has 3 aromatic rings. The molecule has 0 aliphatic carbocycles. The van der Waals surface area contributed by atoms with E-state index < -0.39 is 0 Å². The van der Waals surface area contributed by atoms with E-state index in [1.165, 1.54) is 6.20 Å². The number of amides is 4. The van der Waals surface area contributed by atoms with Crippen molar-refractivity contribution in [1.29, 1.82) is 0 Å². The van der Waals surface area contributed by atoms with Crippen molar-refractivity contribution in [3.8, 4) is 0 Å². The Balaban J connectivity index is 1.45. The van der Waals surface area contributed by atoms with E-state index in [0.29, 0.717) is 23.6 Å². The molecular formula is C27H28N6O2. The fraction of sp³-hybridized carbons (Fsp3) is 0.111. The molecule has 178 valence electrons. The summed E-state index contributed by atoms with van der Waals surface area (Å²) in [6.45, 7) is 7.79. The molecule has 0 aliphatic heterocycles. The summed E-state index contributed by atoms with van der Waals surface area (Å²) in [4.78, 5) is 32.3. The number of aliphatic imine (C=N–C) groups is 1. The van der Waals surface area contributed by atoms with Gasteiger partial charge in [-0.3, -0.25) is 9.98 Å². The summed E-state index contributed by atoms with van der Waals surface area (Å²) >= 11 is 0. The first kappa shape index (κ1) is 24.9. The van der Waals surface area contributed by atoms with Gasteiger partial charge in [-0.25, -0.2) is 9.59 Å². The van der Waals surface area contributed by atoms with Gasteiger partial charge in [0, 0.05) is 23.8 Å². The zero-order chi connectivity index (χ0) is 24.9. The molecule has 4 N–H and O–H groups in total. The first-order valence-electron chi connectivity index (χ1n) is 11.0. The van der Waals surface area contributed by atoms with Crippen molar-refractivity contribution >= 4 is 29.1 Å². The lowest BCUT2D eigenvalue weighted by molar-refractivity contribution is 0.251. The first-order valence-corrected chi connectivity index (χ1v) is 11.0. The number of urea groups is 2. The molecule has 0 radical (unpaired) electrons. The average Bonchev–Trinajstić information content (AvgIpc) is 2.88. The van der Waals surface area contributed by atoms with Gasteiger partial charge in [0.15, 0.2) is 0 Å². The molecule has 0 saturated heterocycles. The molecule has 0 spiro atoms. The number of nitrogens with zero attached hydrogens (tertiary/aromatic N) is 2. The zero-order valence-electron chi connectivity index (χ0n) is 19.3. The van der Waals surface area contributed by atoms with Gasteiger partial charge < -0.3 is 21.3 Å². The molecule has 1 aromatic heterocycles. The van der Waals surface area contributed by atoms with Crippen LogP contribution in [0.3, 0.4) is 0 Å². The van der Waals surface area contributed by atoms with Gasteiger partial charge in [-0.1, -0.05) is 43.5 Å². The molecule has 8 nitrogen and oxygen atoms in total. The fourth-order valence-electron chi connectivity index (χ4n) is 3.13. The van der Waals surface area contributed by atoms with E-state index in [-0.39, 0.29) is 18.6 Å². The lowest BCUT2D eigenvalue weighted by Gasteiger charge is -2.10. The Morgan fingerprint density at radius 1 is 0.829 bits per heavy atom. The number of hydrogen-bond acceptors (Lipinski definition) is 4. The standard InChI is InChI=1S/C27H28N6O2/c1-3-22(28-4-2)18-30-26(34)32-23-12-8-20(9-13-23)17-21-10-14-24(15-11-21)33-27(35)31-19-25-7-5-6-16-29-25/h3-16H,1-2,17-19H2,(H2,30,32,34)(H2,31,33,35). The monoisotopic (exact) mass is 468 g/mol. The van der Waals surface area contributed by atoms with Crippen molar-refractivity contribution in [2.24, 2.45) is 4.99 Å². The first-order chi connectivity index (χ1) is 17.1. The Morgan fingerprint density at radius 3 is 1.94 bits per heavy atom.